The Hall–Kier alpha value is -1.16. The number of nitrogens with one attached hydrogen (secondary N) is 1. The van der Waals surface area contributed by atoms with Crippen molar-refractivity contribution in [2.45, 2.75) is 59.0 Å². The van der Waals surface area contributed by atoms with Crippen molar-refractivity contribution >= 4 is 0 Å². The van der Waals surface area contributed by atoms with Gasteiger partial charge in [-0.2, -0.15) is 0 Å². The van der Waals surface area contributed by atoms with E-state index in [1.807, 2.05) is 13.1 Å². The molecule has 106 valence electrons. The molecule has 0 amide bonds. The van der Waals surface area contributed by atoms with Gasteiger partial charge in [0, 0.05) is 30.0 Å². The maximum Gasteiger partial charge on any atom is 0.316 e. The van der Waals surface area contributed by atoms with E-state index in [0.717, 1.165) is 36.7 Å². The fraction of sp³-hybridized carbons (Fsp3) is 0.733. The number of nitrogens with zero attached hydrogens (tertiary/aromatic N) is 2. The molecule has 1 fully saturated rings. The third-order valence-corrected chi connectivity index (χ3v) is 3.74. The van der Waals surface area contributed by atoms with Crippen LogP contribution in [0.4, 0.5) is 0 Å². The predicted molar refractivity (Wildman–Crippen MR) is 76.2 cm³/mol. The van der Waals surface area contributed by atoms with Crippen LogP contribution in [0.15, 0.2) is 6.20 Å². The van der Waals surface area contributed by atoms with Gasteiger partial charge in [-0.1, -0.05) is 33.1 Å². The topological polar surface area (TPSA) is 47.0 Å². The summed E-state index contributed by atoms with van der Waals surface area (Å²) >= 11 is 0. The monoisotopic (exact) mass is 263 g/mol. The van der Waals surface area contributed by atoms with Crippen LogP contribution in [0.25, 0.3) is 0 Å². The molecule has 1 aliphatic rings. The minimum atomic E-state index is 0.470. The molecule has 4 nitrogen and oxygen atoms in total. The Bertz CT molecular complexity index is 402. The Balaban J connectivity index is 1.79. The van der Waals surface area contributed by atoms with Crippen molar-refractivity contribution in [3.05, 3.63) is 17.5 Å². The van der Waals surface area contributed by atoms with E-state index in [1.54, 1.807) is 0 Å². The van der Waals surface area contributed by atoms with Crippen LogP contribution in [-0.2, 0) is 6.54 Å². The third-order valence-electron chi connectivity index (χ3n) is 3.74. The lowest BCUT2D eigenvalue weighted by Crippen LogP contribution is -2.22. The van der Waals surface area contributed by atoms with Gasteiger partial charge < -0.3 is 10.1 Å². The zero-order chi connectivity index (χ0) is 13.7. The van der Waals surface area contributed by atoms with E-state index in [0.29, 0.717) is 12.1 Å². The molecule has 19 heavy (non-hydrogen) atoms. The molecule has 0 unspecified atom stereocenters. The molecule has 1 N–H and O–H groups in total. The summed E-state index contributed by atoms with van der Waals surface area (Å²) in [7, 11) is 0. The normalized spacial score (nSPS) is 15.6. The van der Waals surface area contributed by atoms with Crippen molar-refractivity contribution in [1.29, 1.82) is 0 Å². The van der Waals surface area contributed by atoms with E-state index in [4.69, 9.17) is 4.74 Å². The Labute approximate surface area is 116 Å². The van der Waals surface area contributed by atoms with Gasteiger partial charge in [-0.3, -0.25) is 0 Å². The van der Waals surface area contributed by atoms with Gasteiger partial charge >= 0.3 is 6.01 Å². The molecule has 1 aliphatic carbocycles. The summed E-state index contributed by atoms with van der Waals surface area (Å²) in [5, 5.41) is 3.37. The van der Waals surface area contributed by atoms with Crippen molar-refractivity contribution in [2.24, 2.45) is 5.92 Å². The standard InChI is InChI=1S/C15H25N3O/c1-11(2)16-9-14-10-17-15(18-12(14)3)19-8-7-13-5-4-6-13/h10-11,13,16H,4-9H2,1-3H3. The Morgan fingerprint density at radius 2 is 2.21 bits per heavy atom. The van der Waals surface area contributed by atoms with Crippen LogP contribution in [0.3, 0.4) is 0 Å². The maximum absolute atomic E-state index is 5.63. The molecule has 2 rings (SSSR count). The number of hydrogen-bond donors (Lipinski definition) is 1. The van der Waals surface area contributed by atoms with E-state index >= 15 is 0 Å². The van der Waals surface area contributed by atoms with E-state index in [2.05, 4.69) is 29.1 Å². The highest BCUT2D eigenvalue weighted by Crippen LogP contribution is 2.29. The van der Waals surface area contributed by atoms with Crippen LogP contribution >= 0.6 is 0 Å². The SMILES string of the molecule is Cc1nc(OCCC2CCC2)ncc1CNC(C)C. The van der Waals surface area contributed by atoms with Gasteiger partial charge in [-0.25, -0.2) is 9.97 Å². The summed E-state index contributed by atoms with van der Waals surface area (Å²) in [4.78, 5) is 8.70. The Morgan fingerprint density at radius 3 is 2.79 bits per heavy atom. The second-order valence-electron chi connectivity index (χ2n) is 5.73. The quantitative estimate of drug-likeness (QED) is 0.821. The Kier molecular flexibility index (Phi) is 5.14. The summed E-state index contributed by atoms with van der Waals surface area (Å²) < 4.78 is 5.63. The number of aryl methyl sites for hydroxylation is 1. The molecule has 1 heterocycles. The highest BCUT2D eigenvalue weighted by atomic mass is 16.5. The average molecular weight is 263 g/mol. The predicted octanol–water partition coefficient (Wildman–Crippen LogP) is 2.85. The van der Waals surface area contributed by atoms with Gasteiger partial charge in [0.25, 0.3) is 0 Å². The van der Waals surface area contributed by atoms with E-state index in [9.17, 15) is 0 Å². The summed E-state index contributed by atoms with van der Waals surface area (Å²) in [6, 6.07) is 0.989. The lowest BCUT2D eigenvalue weighted by molar-refractivity contribution is 0.211. The minimum Gasteiger partial charge on any atom is -0.463 e. The second kappa shape index (κ2) is 6.85. The number of rotatable bonds is 7. The molecule has 0 radical (unpaired) electrons. The van der Waals surface area contributed by atoms with Crippen molar-refractivity contribution in [2.75, 3.05) is 6.61 Å². The van der Waals surface area contributed by atoms with Crippen LogP contribution in [0.5, 0.6) is 6.01 Å². The largest absolute Gasteiger partial charge is 0.463 e. The average Bonchev–Trinajstić information content (AvgIpc) is 2.31. The van der Waals surface area contributed by atoms with Gasteiger partial charge in [0.1, 0.15) is 0 Å². The van der Waals surface area contributed by atoms with Crippen LogP contribution < -0.4 is 10.1 Å². The number of aromatic nitrogens is 2. The zero-order valence-electron chi connectivity index (χ0n) is 12.3. The van der Waals surface area contributed by atoms with Crippen LogP contribution in [0.2, 0.25) is 0 Å². The lowest BCUT2D eigenvalue weighted by atomic mass is 9.83. The van der Waals surface area contributed by atoms with E-state index in [1.165, 1.54) is 19.3 Å². The number of hydrogen-bond acceptors (Lipinski definition) is 4. The molecule has 0 atom stereocenters. The fourth-order valence-corrected chi connectivity index (χ4v) is 2.13. The van der Waals surface area contributed by atoms with Gasteiger partial charge in [-0.15, -0.1) is 0 Å². The smallest absolute Gasteiger partial charge is 0.316 e. The summed E-state index contributed by atoms with van der Waals surface area (Å²) in [6.07, 6.45) is 7.12. The van der Waals surface area contributed by atoms with Crippen LogP contribution in [0, 0.1) is 12.8 Å². The van der Waals surface area contributed by atoms with Crippen molar-refractivity contribution in [1.82, 2.24) is 15.3 Å². The van der Waals surface area contributed by atoms with Crippen molar-refractivity contribution in [3.8, 4) is 6.01 Å². The zero-order valence-corrected chi connectivity index (χ0v) is 12.3. The third kappa shape index (κ3) is 4.46. The molecule has 1 aromatic rings. The minimum absolute atomic E-state index is 0.470. The van der Waals surface area contributed by atoms with E-state index in [-0.39, 0.29) is 0 Å². The molecular weight excluding hydrogens is 238 g/mol. The summed E-state index contributed by atoms with van der Waals surface area (Å²) in [5.41, 5.74) is 2.14. The molecule has 1 aromatic heterocycles. The highest BCUT2D eigenvalue weighted by molar-refractivity contribution is 5.17. The first-order valence-corrected chi connectivity index (χ1v) is 7.34. The van der Waals surface area contributed by atoms with Gasteiger partial charge in [0.05, 0.1) is 6.61 Å². The van der Waals surface area contributed by atoms with E-state index < -0.39 is 0 Å². The first-order chi connectivity index (χ1) is 9.15. The molecule has 1 saturated carbocycles. The summed E-state index contributed by atoms with van der Waals surface area (Å²) in [6.45, 7) is 7.83. The van der Waals surface area contributed by atoms with Crippen LogP contribution in [-0.4, -0.2) is 22.6 Å². The van der Waals surface area contributed by atoms with Crippen molar-refractivity contribution in [3.63, 3.8) is 0 Å². The molecule has 0 bridgehead atoms. The fourth-order valence-electron chi connectivity index (χ4n) is 2.13. The molecule has 0 aromatic carbocycles. The molecule has 4 heteroatoms. The Morgan fingerprint density at radius 1 is 1.42 bits per heavy atom. The van der Waals surface area contributed by atoms with Gasteiger partial charge in [0.2, 0.25) is 0 Å². The van der Waals surface area contributed by atoms with Crippen LogP contribution in [0.1, 0.15) is 50.8 Å². The highest BCUT2D eigenvalue weighted by Gasteiger charge is 2.17. The first-order valence-electron chi connectivity index (χ1n) is 7.34. The molecule has 0 aliphatic heterocycles. The number of ether oxygens (including phenoxy) is 1. The molecule has 0 saturated heterocycles. The van der Waals surface area contributed by atoms with Gasteiger partial charge in [0.15, 0.2) is 0 Å². The second-order valence-corrected chi connectivity index (χ2v) is 5.73. The lowest BCUT2D eigenvalue weighted by Gasteiger charge is -2.24. The maximum atomic E-state index is 5.63. The summed E-state index contributed by atoms with van der Waals surface area (Å²) in [5.74, 6) is 0.871. The molecule has 0 spiro atoms. The van der Waals surface area contributed by atoms with Gasteiger partial charge in [-0.05, 0) is 19.3 Å². The van der Waals surface area contributed by atoms with Crippen molar-refractivity contribution < 1.29 is 4.74 Å². The first kappa shape index (κ1) is 14.3. The molecular formula is C15H25N3O.